The Hall–Kier alpha value is -3.65. The van der Waals surface area contributed by atoms with Gasteiger partial charge in [0.1, 0.15) is 32.8 Å². The number of halogens is 7. The van der Waals surface area contributed by atoms with Crippen molar-refractivity contribution in [3.05, 3.63) is 63.4 Å². The number of carbonyl (C=O) groups is 2. The summed E-state index contributed by atoms with van der Waals surface area (Å²) in [6.45, 7) is 1.10. The van der Waals surface area contributed by atoms with Crippen molar-refractivity contribution in [2.75, 3.05) is 5.32 Å². The number of thiophene rings is 1. The van der Waals surface area contributed by atoms with Crippen LogP contribution in [-0.4, -0.2) is 26.6 Å². The van der Waals surface area contributed by atoms with E-state index < -0.39 is 59.2 Å². The van der Waals surface area contributed by atoms with Gasteiger partial charge in [0, 0.05) is 5.39 Å². The normalized spacial score (nSPS) is 12.6. The van der Waals surface area contributed by atoms with Crippen molar-refractivity contribution in [1.29, 1.82) is 0 Å². The fraction of sp³-hybridized carbons (Fsp3) is 0.217. The number of nitrogens with zero attached hydrogens (tertiary/aromatic N) is 3. The largest absolute Gasteiger partial charge is 0.365 e. The van der Waals surface area contributed by atoms with Gasteiger partial charge in [-0.2, -0.15) is 5.10 Å². The molecule has 0 bridgehead atoms. The van der Waals surface area contributed by atoms with Gasteiger partial charge in [0.25, 0.3) is 25.2 Å². The molecule has 4 aromatic rings. The zero-order chi connectivity index (χ0) is 27.9. The highest BCUT2D eigenvalue weighted by molar-refractivity contribution is 7.21. The number of anilines is 1. The number of benzene rings is 1. The molecular weight excluding hydrogens is 560 g/mol. The molecular formula is C23H16ClF6N5O2S. The Bertz CT molecular complexity index is 1530. The van der Waals surface area contributed by atoms with E-state index in [-0.39, 0.29) is 26.3 Å². The predicted octanol–water partition coefficient (Wildman–Crippen LogP) is 6.92. The minimum Gasteiger partial charge on any atom is -0.365 e. The summed E-state index contributed by atoms with van der Waals surface area (Å²) in [4.78, 5) is 29.0. The molecule has 3 aromatic heterocycles. The molecule has 0 aliphatic rings. The van der Waals surface area contributed by atoms with Gasteiger partial charge in [0.05, 0.1) is 10.7 Å². The van der Waals surface area contributed by atoms with Gasteiger partial charge in [-0.1, -0.05) is 41.9 Å². The summed E-state index contributed by atoms with van der Waals surface area (Å²) >= 11 is 6.32. The van der Waals surface area contributed by atoms with Crippen LogP contribution in [-0.2, 0) is 4.79 Å². The number of primary amides is 1. The van der Waals surface area contributed by atoms with Crippen LogP contribution in [0.4, 0.5) is 32.0 Å². The van der Waals surface area contributed by atoms with Gasteiger partial charge < -0.3 is 11.1 Å². The first-order valence-electron chi connectivity index (χ1n) is 10.7. The van der Waals surface area contributed by atoms with Crippen LogP contribution in [0.15, 0.2) is 36.4 Å². The number of fused-ring (bicyclic) bond motifs is 1. The van der Waals surface area contributed by atoms with Gasteiger partial charge in [-0.3, -0.25) is 9.59 Å². The lowest BCUT2D eigenvalue weighted by atomic mass is 10.0. The SMILES string of the molecule is CC(C(=O)Nc1c(C(N)=O)sc2nc(C(F)F)cc(-c3ccccc3)c12)n1nc(C(F)F)c(Cl)c1C(F)F. The number of amides is 2. The summed E-state index contributed by atoms with van der Waals surface area (Å²) in [5.41, 5.74) is 3.09. The van der Waals surface area contributed by atoms with E-state index in [4.69, 9.17) is 17.3 Å². The standard InChI is InChI=1S/C23H16ClF6N5O2S/c1-8(35-16(20(29)30)13(24)15(34-35)19(27)28)22(37)33-14-12-10(9-5-3-2-4-6-9)7-11(18(25)26)32-23(12)38-17(14)21(31)36/h2-8,18-20H,1H3,(H2,31,36)(H,33,37). The minimum absolute atomic E-state index is 0.0474. The van der Waals surface area contributed by atoms with Gasteiger partial charge in [-0.25, -0.2) is 36.0 Å². The Kier molecular flexibility index (Phi) is 7.65. The topological polar surface area (TPSA) is 103 Å². The average molecular weight is 576 g/mol. The van der Waals surface area contributed by atoms with Crippen LogP contribution in [0.2, 0.25) is 5.02 Å². The quantitative estimate of drug-likeness (QED) is 0.222. The molecule has 2 amide bonds. The number of alkyl halides is 6. The molecule has 1 aromatic carbocycles. The Morgan fingerprint density at radius 3 is 2.26 bits per heavy atom. The number of rotatable bonds is 8. The van der Waals surface area contributed by atoms with E-state index in [1.807, 2.05) is 0 Å². The van der Waals surface area contributed by atoms with Crippen molar-refractivity contribution >= 4 is 50.7 Å². The predicted molar refractivity (Wildman–Crippen MR) is 129 cm³/mol. The molecule has 1 atom stereocenters. The lowest BCUT2D eigenvalue weighted by Crippen LogP contribution is -2.27. The highest BCUT2D eigenvalue weighted by atomic mass is 35.5. The molecule has 4 rings (SSSR count). The van der Waals surface area contributed by atoms with Crippen molar-refractivity contribution in [3.63, 3.8) is 0 Å². The van der Waals surface area contributed by atoms with Gasteiger partial charge in [0.15, 0.2) is 0 Å². The third-order valence-electron chi connectivity index (χ3n) is 5.53. The van der Waals surface area contributed by atoms with Crippen molar-refractivity contribution in [1.82, 2.24) is 14.8 Å². The van der Waals surface area contributed by atoms with Gasteiger partial charge in [-0.05, 0) is 24.1 Å². The third-order valence-corrected chi connectivity index (χ3v) is 7.02. The number of pyridine rings is 1. The number of aromatic nitrogens is 3. The molecule has 0 aliphatic heterocycles. The summed E-state index contributed by atoms with van der Waals surface area (Å²) < 4.78 is 81.3. The Balaban J connectivity index is 1.87. The first-order valence-corrected chi connectivity index (χ1v) is 11.9. The van der Waals surface area contributed by atoms with Gasteiger partial charge in [0.2, 0.25) is 5.91 Å². The smallest absolute Gasteiger partial charge is 0.283 e. The maximum atomic E-state index is 13.6. The van der Waals surface area contributed by atoms with Crippen LogP contribution in [0.25, 0.3) is 21.3 Å². The number of nitrogens with one attached hydrogen (secondary N) is 1. The third kappa shape index (κ3) is 4.92. The molecule has 7 nitrogen and oxygen atoms in total. The molecule has 0 aliphatic carbocycles. The summed E-state index contributed by atoms with van der Waals surface area (Å²) in [7, 11) is 0. The first kappa shape index (κ1) is 27.4. The monoisotopic (exact) mass is 575 g/mol. The van der Waals surface area contributed by atoms with E-state index in [1.54, 1.807) is 30.3 Å². The molecule has 15 heteroatoms. The highest BCUT2D eigenvalue weighted by Crippen LogP contribution is 2.43. The summed E-state index contributed by atoms with van der Waals surface area (Å²) in [5.74, 6) is -2.07. The van der Waals surface area contributed by atoms with Crippen LogP contribution in [0.5, 0.6) is 0 Å². The van der Waals surface area contributed by atoms with Crippen LogP contribution in [0.1, 0.15) is 59.0 Å². The summed E-state index contributed by atoms with van der Waals surface area (Å²) in [6, 6.07) is 7.65. The van der Waals surface area contributed by atoms with E-state index in [9.17, 15) is 35.9 Å². The fourth-order valence-electron chi connectivity index (χ4n) is 3.78. The average Bonchev–Trinajstić information content (AvgIpc) is 3.41. The van der Waals surface area contributed by atoms with Crippen molar-refractivity contribution < 1.29 is 35.9 Å². The number of hydrogen-bond acceptors (Lipinski definition) is 5. The van der Waals surface area contributed by atoms with Crippen molar-refractivity contribution in [2.24, 2.45) is 5.73 Å². The fourth-order valence-corrected chi connectivity index (χ4v) is 5.09. The molecule has 0 spiro atoms. The molecule has 3 heterocycles. The number of carbonyl (C=O) groups excluding carboxylic acids is 2. The second-order valence-corrected chi connectivity index (χ2v) is 9.28. The molecule has 0 saturated heterocycles. The van der Waals surface area contributed by atoms with Gasteiger partial charge in [-0.15, -0.1) is 11.3 Å². The molecule has 200 valence electrons. The molecule has 0 saturated carbocycles. The Morgan fingerprint density at radius 1 is 1.05 bits per heavy atom. The molecule has 0 fully saturated rings. The molecule has 3 N–H and O–H groups in total. The maximum absolute atomic E-state index is 13.6. The number of hydrogen-bond donors (Lipinski definition) is 2. The van der Waals surface area contributed by atoms with E-state index in [2.05, 4.69) is 15.4 Å². The number of nitrogens with two attached hydrogens (primary N) is 1. The Morgan fingerprint density at radius 2 is 1.71 bits per heavy atom. The van der Waals surface area contributed by atoms with Crippen LogP contribution in [0, 0.1) is 0 Å². The Labute approximate surface area is 219 Å². The summed E-state index contributed by atoms with van der Waals surface area (Å²) in [6.07, 6.45) is -9.59. The summed E-state index contributed by atoms with van der Waals surface area (Å²) in [5, 5.41) is 4.92. The van der Waals surface area contributed by atoms with Crippen LogP contribution >= 0.6 is 22.9 Å². The lowest BCUT2D eigenvalue weighted by molar-refractivity contribution is -0.119. The maximum Gasteiger partial charge on any atom is 0.283 e. The second-order valence-electron chi connectivity index (χ2n) is 7.91. The van der Waals surface area contributed by atoms with E-state index in [0.29, 0.717) is 21.6 Å². The highest BCUT2D eigenvalue weighted by Gasteiger charge is 2.33. The van der Waals surface area contributed by atoms with E-state index >= 15 is 0 Å². The van der Waals surface area contributed by atoms with E-state index in [0.717, 1.165) is 13.0 Å². The zero-order valence-corrected chi connectivity index (χ0v) is 20.6. The molecule has 38 heavy (non-hydrogen) atoms. The second kappa shape index (κ2) is 10.6. The van der Waals surface area contributed by atoms with Crippen LogP contribution < -0.4 is 11.1 Å². The lowest BCUT2D eigenvalue weighted by Gasteiger charge is -2.17. The zero-order valence-electron chi connectivity index (χ0n) is 19.1. The molecule has 0 radical (unpaired) electrons. The first-order chi connectivity index (χ1) is 17.9. The van der Waals surface area contributed by atoms with Crippen LogP contribution in [0.3, 0.4) is 0 Å². The van der Waals surface area contributed by atoms with Crippen molar-refractivity contribution in [2.45, 2.75) is 32.2 Å². The van der Waals surface area contributed by atoms with Crippen molar-refractivity contribution in [3.8, 4) is 11.1 Å². The van der Waals surface area contributed by atoms with Gasteiger partial charge >= 0.3 is 0 Å². The molecule has 1 unspecified atom stereocenters. The minimum atomic E-state index is -3.34. The van der Waals surface area contributed by atoms with E-state index in [1.165, 1.54) is 0 Å².